The van der Waals surface area contributed by atoms with E-state index in [-0.39, 0.29) is 5.75 Å². The number of hydrogen-bond donors (Lipinski definition) is 2. The molecular formula is C13H18FNO2. The first-order valence-corrected chi connectivity index (χ1v) is 6.04. The average molecular weight is 239 g/mol. The Kier molecular flexibility index (Phi) is 3.97. The Morgan fingerprint density at radius 2 is 2.29 bits per heavy atom. The molecule has 17 heavy (non-hydrogen) atoms. The molecule has 0 saturated heterocycles. The maximum atomic E-state index is 13.6. The van der Waals surface area contributed by atoms with Gasteiger partial charge >= 0.3 is 0 Å². The minimum atomic E-state index is -0.666. The highest BCUT2D eigenvalue weighted by molar-refractivity contribution is 5.30. The molecule has 0 amide bonds. The normalized spacial score (nSPS) is 16.9. The van der Waals surface area contributed by atoms with Crippen LogP contribution in [0.4, 0.5) is 4.39 Å². The fourth-order valence-electron chi connectivity index (χ4n) is 1.68. The Morgan fingerprint density at radius 1 is 1.53 bits per heavy atom. The number of aliphatic hydroxyl groups excluding tert-OH is 1. The standard InChI is InChI=1S/C13H18FNO2/c1-2-17-13-6-3-9(7-11(13)14)12(16)8-15-10-4-5-10/h3,6-7,10,12,15-16H,2,4-5,8H2,1H3. The van der Waals surface area contributed by atoms with Crippen LogP contribution in [0, 0.1) is 5.82 Å². The third-order valence-electron chi connectivity index (χ3n) is 2.82. The first-order valence-electron chi connectivity index (χ1n) is 6.04. The molecule has 1 aliphatic carbocycles. The van der Waals surface area contributed by atoms with E-state index in [0.717, 1.165) is 0 Å². The first-order chi connectivity index (χ1) is 8.20. The van der Waals surface area contributed by atoms with Crippen LogP contribution in [0.3, 0.4) is 0 Å². The number of hydrogen-bond acceptors (Lipinski definition) is 3. The largest absolute Gasteiger partial charge is 0.491 e. The highest BCUT2D eigenvalue weighted by atomic mass is 19.1. The maximum absolute atomic E-state index is 13.6. The highest BCUT2D eigenvalue weighted by Crippen LogP contribution is 2.23. The topological polar surface area (TPSA) is 41.5 Å². The predicted molar refractivity (Wildman–Crippen MR) is 63.6 cm³/mol. The van der Waals surface area contributed by atoms with Gasteiger partial charge in [-0.1, -0.05) is 6.07 Å². The SMILES string of the molecule is CCOc1ccc(C(O)CNC2CC2)cc1F. The Balaban J connectivity index is 1.96. The van der Waals surface area contributed by atoms with E-state index < -0.39 is 11.9 Å². The molecule has 1 unspecified atom stereocenters. The number of halogens is 1. The molecule has 0 aromatic heterocycles. The van der Waals surface area contributed by atoms with Gasteiger partial charge in [-0.25, -0.2) is 4.39 Å². The lowest BCUT2D eigenvalue weighted by Gasteiger charge is -2.13. The Hall–Kier alpha value is -1.13. The number of rotatable bonds is 6. The Labute approximate surface area is 101 Å². The molecule has 0 spiro atoms. The summed E-state index contributed by atoms with van der Waals surface area (Å²) < 4.78 is 18.7. The maximum Gasteiger partial charge on any atom is 0.165 e. The van der Waals surface area contributed by atoms with E-state index in [0.29, 0.717) is 24.8 Å². The minimum Gasteiger partial charge on any atom is -0.491 e. The van der Waals surface area contributed by atoms with E-state index in [4.69, 9.17) is 4.74 Å². The van der Waals surface area contributed by atoms with Crippen LogP contribution < -0.4 is 10.1 Å². The van der Waals surface area contributed by atoms with Crippen molar-refractivity contribution in [3.8, 4) is 5.75 Å². The van der Waals surface area contributed by atoms with Crippen molar-refractivity contribution in [1.29, 1.82) is 0 Å². The molecule has 0 bridgehead atoms. The quantitative estimate of drug-likeness (QED) is 0.798. The van der Waals surface area contributed by atoms with Gasteiger partial charge in [0.25, 0.3) is 0 Å². The van der Waals surface area contributed by atoms with Gasteiger partial charge < -0.3 is 15.2 Å². The molecule has 1 aromatic rings. The smallest absolute Gasteiger partial charge is 0.165 e. The van der Waals surface area contributed by atoms with Gasteiger partial charge in [-0.05, 0) is 37.5 Å². The fraction of sp³-hybridized carbons (Fsp3) is 0.538. The van der Waals surface area contributed by atoms with Gasteiger partial charge in [0.1, 0.15) is 0 Å². The van der Waals surface area contributed by atoms with Gasteiger partial charge in [0, 0.05) is 12.6 Å². The molecule has 4 heteroatoms. The van der Waals surface area contributed by atoms with Crippen LogP contribution in [0.15, 0.2) is 18.2 Å². The summed E-state index contributed by atoms with van der Waals surface area (Å²) >= 11 is 0. The molecule has 2 N–H and O–H groups in total. The van der Waals surface area contributed by atoms with Crippen molar-refractivity contribution in [2.75, 3.05) is 13.2 Å². The lowest BCUT2D eigenvalue weighted by atomic mass is 10.1. The first kappa shape index (κ1) is 12.3. The lowest BCUT2D eigenvalue weighted by Crippen LogP contribution is -2.23. The third-order valence-corrected chi connectivity index (χ3v) is 2.82. The average Bonchev–Trinajstić information content (AvgIpc) is 3.13. The monoisotopic (exact) mass is 239 g/mol. The minimum absolute atomic E-state index is 0.235. The van der Waals surface area contributed by atoms with Crippen LogP contribution in [0.2, 0.25) is 0 Å². The zero-order chi connectivity index (χ0) is 12.3. The van der Waals surface area contributed by atoms with Crippen molar-refractivity contribution in [2.45, 2.75) is 31.9 Å². The highest BCUT2D eigenvalue weighted by Gasteiger charge is 2.22. The van der Waals surface area contributed by atoms with Gasteiger partial charge in [-0.3, -0.25) is 0 Å². The molecule has 0 radical (unpaired) electrons. The molecule has 1 aromatic carbocycles. The van der Waals surface area contributed by atoms with Crippen LogP contribution in [0.5, 0.6) is 5.75 Å². The molecule has 1 saturated carbocycles. The predicted octanol–water partition coefficient (Wildman–Crippen LogP) is 2.01. The number of aliphatic hydroxyl groups is 1. The lowest BCUT2D eigenvalue weighted by molar-refractivity contribution is 0.173. The van der Waals surface area contributed by atoms with E-state index in [1.807, 2.05) is 6.92 Å². The third kappa shape index (κ3) is 3.41. The van der Waals surface area contributed by atoms with Crippen molar-refractivity contribution in [2.24, 2.45) is 0 Å². The van der Waals surface area contributed by atoms with E-state index in [9.17, 15) is 9.50 Å². The molecule has 94 valence electrons. The summed E-state index contributed by atoms with van der Waals surface area (Å²) in [6.45, 7) is 2.71. The van der Waals surface area contributed by atoms with E-state index in [1.54, 1.807) is 12.1 Å². The van der Waals surface area contributed by atoms with Gasteiger partial charge in [0.15, 0.2) is 11.6 Å². The molecule has 1 atom stereocenters. The summed E-state index contributed by atoms with van der Waals surface area (Å²) in [5, 5.41) is 13.1. The van der Waals surface area contributed by atoms with Crippen LogP contribution in [0.1, 0.15) is 31.4 Å². The van der Waals surface area contributed by atoms with Gasteiger partial charge in [-0.2, -0.15) is 0 Å². The van der Waals surface area contributed by atoms with Gasteiger partial charge in [0.2, 0.25) is 0 Å². The van der Waals surface area contributed by atoms with Crippen molar-refractivity contribution in [3.63, 3.8) is 0 Å². The van der Waals surface area contributed by atoms with Crippen molar-refractivity contribution in [3.05, 3.63) is 29.6 Å². The zero-order valence-electron chi connectivity index (χ0n) is 9.95. The summed E-state index contributed by atoms with van der Waals surface area (Å²) in [4.78, 5) is 0. The summed E-state index contributed by atoms with van der Waals surface area (Å²) in [7, 11) is 0. The van der Waals surface area contributed by atoms with Crippen molar-refractivity contribution in [1.82, 2.24) is 5.32 Å². The Bertz CT molecular complexity index is 380. The van der Waals surface area contributed by atoms with E-state index >= 15 is 0 Å². The van der Waals surface area contributed by atoms with Crippen LogP contribution in [-0.4, -0.2) is 24.3 Å². The van der Waals surface area contributed by atoms with Gasteiger partial charge in [0.05, 0.1) is 12.7 Å². The summed E-state index contributed by atoms with van der Waals surface area (Å²) in [5.41, 5.74) is 0.583. The zero-order valence-corrected chi connectivity index (χ0v) is 9.95. The Morgan fingerprint density at radius 3 is 2.88 bits per heavy atom. The second-order valence-corrected chi connectivity index (χ2v) is 4.32. The van der Waals surface area contributed by atoms with Crippen LogP contribution in [0.25, 0.3) is 0 Å². The number of benzene rings is 1. The number of nitrogens with one attached hydrogen (secondary N) is 1. The van der Waals surface area contributed by atoms with E-state index in [2.05, 4.69) is 5.32 Å². The molecule has 0 aliphatic heterocycles. The molecular weight excluding hydrogens is 221 g/mol. The summed E-state index contributed by atoms with van der Waals surface area (Å²) in [6.07, 6.45) is 1.68. The second kappa shape index (κ2) is 5.47. The van der Waals surface area contributed by atoms with Crippen molar-refractivity contribution < 1.29 is 14.2 Å². The van der Waals surface area contributed by atoms with Crippen LogP contribution >= 0.6 is 0 Å². The fourth-order valence-corrected chi connectivity index (χ4v) is 1.68. The van der Waals surface area contributed by atoms with Crippen molar-refractivity contribution >= 4 is 0 Å². The molecule has 3 nitrogen and oxygen atoms in total. The molecule has 1 aliphatic rings. The van der Waals surface area contributed by atoms with E-state index in [1.165, 1.54) is 18.9 Å². The number of ether oxygens (including phenoxy) is 1. The molecule has 0 heterocycles. The van der Waals surface area contributed by atoms with Gasteiger partial charge in [-0.15, -0.1) is 0 Å². The second-order valence-electron chi connectivity index (χ2n) is 4.32. The van der Waals surface area contributed by atoms with Crippen LogP contribution in [-0.2, 0) is 0 Å². The summed E-state index contributed by atoms with van der Waals surface area (Å²) in [6, 6.07) is 5.14. The summed E-state index contributed by atoms with van der Waals surface area (Å²) in [5.74, 6) is -0.187. The molecule has 1 fully saturated rings. The molecule has 2 rings (SSSR count).